The van der Waals surface area contributed by atoms with Crippen molar-refractivity contribution in [2.24, 2.45) is 0 Å². The Balaban J connectivity index is 1.68. The van der Waals surface area contributed by atoms with Crippen LogP contribution in [0.1, 0.15) is 24.0 Å². The van der Waals surface area contributed by atoms with Crippen molar-refractivity contribution in [1.82, 2.24) is 24.7 Å². The van der Waals surface area contributed by atoms with E-state index in [4.69, 9.17) is 4.74 Å². The van der Waals surface area contributed by atoms with Gasteiger partial charge in [-0.15, -0.1) is 10.2 Å². The average molecular weight is 514 g/mol. The summed E-state index contributed by atoms with van der Waals surface area (Å²) in [6.45, 7) is 2.52. The maximum atomic E-state index is 11.7. The van der Waals surface area contributed by atoms with Crippen LogP contribution in [0, 0.1) is 0 Å². The van der Waals surface area contributed by atoms with Crippen molar-refractivity contribution < 1.29 is 4.74 Å². The minimum absolute atomic E-state index is 0.248. The molecule has 8 nitrogen and oxygen atoms in total. The predicted octanol–water partition coefficient (Wildman–Crippen LogP) is 3.69. The van der Waals surface area contributed by atoms with Crippen molar-refractivity contribution in [3.8, 4) is 11.4 Å². The summed E-state index contributed by atoms with van der Waals surface area (Å²) < 4.78 is 8.50. The lowest BCUT2D eigenvalue weighted by atomic mass is 10.2. The molecule has 0 saturated heterocycles. The molecule has 0 aliphatic carbocycles. The van der Waals surface area contributed by atoms with Crippen molar-refractivity contribution in [3.05, 3.63) is 97.0 Å². The zero-order valence-electron chi connectivity index (χ0n) is 17.2. The first-order valence-electron chi connectivity index (χ1n) is 9.89. The molecular formula is C22H20BrN5O3S. The molecule has 10 heteroatoms. The Morgan fingerprint density at radius 1 is 1.03 bits per heavy atom. The van der Waals surface area contributed by atoms with E-state index in [-0.39, 0.29) is 6.42 Å². The normalized spacial score (nSPS) is 10.9. The summed E-state index contributed by atoms with van der Waals surface area (Å²) in [6.07, 6.45) is 0.248. The largest absolute Gasteiger partial charge is 0.494 e. The smallest absolute Gasteiger partial charge is 0.325 e. The van der Waals surface area contributed by atoms with E-state index < -0.39 is 11.2 Å². The first kappa shape index (κ1) is 22.1. The van der Waals surface area contributed by atoms with Gasteiger partial charge in [-0.3, -0.25) is 14.3 Å². The van der Waals surface area contributed by atoms with E-state index in [0.29, 0.717) is 29.0 Å². The van der Waals surface area contributed by atoms with E-state index in [1.54, 1.807) is 11.8 Å². The highest BCUT2D eigenvalue weighted by atomic mass is 79.9. The van der Waals surface area contributed by atoms with Crippen LogP contribution in [0.2, 0.25) is 0 Å². The molecule has 164 valence electrons. The minimum Gasteiger partial charge on any atom is -0.494 e. The number of hydrogen-bond donors (Lipinski definition) is 2. The SMILES string of the molecule is CCOc1ccc(-n2c(Cc3cc(=O)[nH]c(=O)[nH]3)nnc2SCc2ccc(Br)cc2)cc1. The Hall–Kier alpha value is -3.11. The van der Waals surface area contributed by atoms with Gasteiger partial charge in [-0.05, 0) is 48.9 Å². The zero-order chi connectivity index (χ0) is 22.5. The van der Waals surface area contributed by atoms with E-state index in [1.807, 2.05) is 47.9 Å². The third-order valence-corrected chi connectivity index (χ3v) is 6.08. The Morgan fingerprint density at radius 2 is 1.78 bits per heavy atom. The van der Waals surface area contributed by atoms with E-state index in [1.165, 1.54) is 6.07 Å². The first-order valence-corrected chi connectivity index (χ1v) is 11.7. The molecule has 0 atom stereocenters. The highest BCUT2D eigenvalue weighted by Gasteiger charge is 2.16. The Morgan fingerprint density at radius 3 is 2.47 bits per heavy atom. The second-order valence-corrected chi connectivity index (χ2v) is 8.72. The van der Waals surface area contributed by atoms with Crippen molar-refractivity contribution in [1.29, 1.82) is 0 Å². The molecule has 0 spiro atoms. The van der Waals surface area contributed by atoms with Gasteiger partial charge in [0.25, 0.3) is 5.56 Å². The number of thioether (sulfide) groups is 1. The van der Waals surface area contributed by atoms with Crippen molar-refractivity contribution in [3.63, 3.8) is 0 Å². The van der Waals surface area contributed by atoms with Crippen LogP contribution in [-0.2, 0) is 12.2 Å². The van der Waals surface area contributed by atoms with Gasteiger partial charge in [-0.2, -0.15) is 0 Å². The quantitative estimate of drug-likeness (QED) is 0.348. The number of aromatic amines is 2. The molecule has 2 heterocycles. The van der Waals surface area contributed by atoms with E-state index >= 15 is 0 Å². The van der Waals surface area contributed by atoms with Crippen LogP contribution in [0.25, 0.3) is 5.69 Å². The van der Waals surface area contributed by atoms with Gasteiger partial charge in [0.2, 0.25) is 0 Å². The lowest BCUT2D eigenvalue weighted by Gasteiger charge is -2.11. The molecule has 0 radical (unpaired) electrons. The van der Waals surface area contributed by atoms with Gasteiger partial charge in [0.05, 0.1) is 6.61 Å². The van der Waals surface area contributed by atoms with Crippen LogP contribution < -0.4 is 16.0 Å². The number of hydrogen-bond acceptors (Lipinski definition) is 6. The maximum Gasteiger partial charge on any atom is 0.325 e. The van der Waals surface area contributed by atoms with E-state index in [0.717, 1.165) is 21.5 Å². The van der Waals surface area contributed by atoms with Gasteiger partial charge in [0, 0.05) is 34.1 Å². The fourth-order valence-electron chi connectivity index (χ4n) is 3.14. The van der Waals surface area contributed by atoms with Gasteiger partial charge in [0.1, 0.15) is 11.6 Å². The van der Waals surface area contributed by atoms with E-state index in [2.05, 4.69) is 48.2 Å². The van der Waals surface area contributed by atoms with Gasteiger partial charge < -0.3 is 9.72 Å². The Bertz CT molecular complexity index is 1280. The molecule has 2 aromatic carbocycles. The number of H-pyrrole nitrogens is 2. The molecule has 2 N–H and O–H groups in total. The van der Waals surface area contributed by atoms with Crippen molar-refractivity contribution >= 4 is 27.7 Å². The topological polar surface area (TPSA) is 106 Å². The lowest BCUT2D eigenvalue weighted by Crippen LogP contribution is -2.23. The number of halogens is 1. The van der Waals surface area contributed by atoms with Gasteiger partial charge in [-0.25, -0.2) is 4.79 Å². The standard InChI is InChI=1S/C22H20BrN5O3S/c1-2-31-18-9-7-17(8-10-18)28-19(11-16-12-20(29)25-21(30)24-16)26-27-22(28)32-13-14-3-5-15(23)6-4-14/h3-10,12H,2,11,13H2,1H3,(H2,24,25,29,30). The second kappa shape index (κ2) is 10.0. The summed E-state index contributed by atoms with van der Waals surface area (Å²) in [5, 5.41) is 9.44. The van der Waals surface area contributed by atoms with E-state index in [9.17, 15) is 9.59 Å². The van der Waals surface area contributed by atoms with Crippen LogP contribution in [0.3, 0.4) is 0 Å². The molecule has 0 aliphatic rings. The highest BCUT2D eigenvalue weighted by molar-refractivity contribution is 9.10. The van der Waals surface area contributed by atoms with Gasteiger partial charge >= 0.3 is 5.69 Å². The predicted molar refractivity (Wildman–Crippen MR) is 127 cm³/mol. The number of aromatic nitrogens is 5. The average Bonchev–Trinajstić information content (AvgIpc) is 3.16. The fraction of sp³-hybridized carbons (Fsp3) is 0.182. The molecule has 2 aromatic heterocycles. The fourth-order valence-corrected chi connectivity index (χ4v) is 4.33. The van der Waals surface area contributed by atoms with Crippen molar-refractivity contribution in [2.75, 3.05) is 6.61 Å². The van der Waals surface area contributed by atoms with Gasteiger partial charge in [0.15, 0.2) is 5.16 Å². The summed E-state index contributed by atoms with van der Waals surface area (Å²) in [5.41, 5.74) is 1.46. The third kappa shape index (κ3) is 5.38. The second-order valence-electron chi connectivity index (χ2n) is 6.87. The molecule has 0 saturated carbocycles. The molecule has 4 rings (SSSR count). The Labute approximate surface area is 196 Å². The van der Waals surface area contributed by atoms with Crippen LogP contribution in [0.5, 0.6) is 5.75 Å². The van der Waals surface area contributed by atoms with Crippen LogP contribution in [0.15, 0.2) is 73.8 Å². The molecular weight excluding hydrogens is 494 g/mol. The summed E-state index contributed by atoms with van der Waals surface area (Å²) in [7, 11) is 0. The van der Waals surface area contributed by atoms with Gasteiger partial charge in [-0.1, -0.05) is 39.8 Å². The molecule has 0 aliphatic heterocycles. The third-order valence-electron chi connectivity index (χ3n) is 4.55. The highest BCUT2D eigenvalue weighted by Crippen LogP contribution is 2.27. The lowest BCUT2D eigenvalue weighted by molar-refractivity contribution is 0.340. The summed E-state index contributed by atoms with van der Waals surface area (Å²) in [4.78, 5) is 28.2. The summed E-state index contributed by atoms with van der Waals surface area (Å²) >= 11 is 5.01. The summed E-state index contributed by atoms with van der Waals surface area (Å²) in [5.74, 6) is 2.09. The zero-order valence-corrected chi connectivity index (χ0v) is 19.6. The molecule has 0 bridgehead atoms. The van der Waals surface area contributed by atoms with Crippen LogP contribution >= 0.6 is 27.7 Å². The molecule has 0 unspecified atom stereocenters. The number of rotatable bonds is 8. The van der Waals surface area contributed by atoms with Crippen LogP contribution in [0.4, 0.5) is 0 Å². The molecule has 0 fully saturated rings. The number of nitrogens with one attached hydrogen (secondary N) is 2. The number of ether oxygens (including phenoxy) is 1. The number of nitrogens with zero attached hydrogens (tertiary/aromatic N) is 3. The Kier molecular flexibility index (Phi) is 6.91. The molecule has 0 amide bonds. The maximum absolute atomic E-state index is 11.7. The first-order chi connectivity index (χ1) is 15.5. The van der Waals surface area contributed by atoms with Crippen molar-refractivity contribution in [2.45, 2.75) is 24.3 Å². The molecule has 4 aromatic rings. The van der Waals surface area contributed by atoms with Crippen LogP contribution in [-0.4, -0.2) is 31.3 Å². The molecule has 32 heavy (non-hydrogen) atoms. The number of benzene rings is 2. The monoisotopic (exact) mass is 513 g/mol. The minimum atomic E-state index is -0.551. The summed E-state index contributed by atoms with van der Waals surface area (Å²) in [6, 6.07) is 17.1.